The van der Waals surface area contributed by atoms with Gasteiger partial charge in [-0.3, -0.25) is 9.30 Å². The summed E-state index contributed by atoms with van der Waals surface area (Å²) >= 11 is 1.76. The van der Waals surface area contributed by atoms with E-state index >= 15 is 0 Å². The van der Waals surface area contributed by atoms with Gasteiger partial charge in [-0.1, -0.05) is 0 Å². The molecule has 0 amide bonds. The Hall–Kier alpha value is -0.910. The standard InChI is InChI=1S/C16H21N3OS/c1-2-12(1)14-13(19-6-8-21-15(19)17-14)9-18-5-3-16(10-18)4-7-20-11-16/h6,8,12H,1-5,7,9-11H2. The molecule has 21 heavy (non-hydrogen) atoms. The SMILES string of the molecule is c1cn2c(CN3CCC4(CCOC4)C3)c(C3CC3)nc2s1. The number of imidazole rings is 1. The van der Waals surface area contributed by atoms with Crippen LogP contribution in [0, 0.1) is 5.41 Å². The van der Waals surface area contributed by atoms with Gasteiger partial charge < -0.3 is 4.74 Å². The molecule has 0 N–H and O–H groups in total. The molecule has 3 fully saturated rings. The third-order valence-corrected chi connectivity index (χ3v) is 6.19. The lowest BCUT2D eigenvalue weighted by Gasteiger charge is -2.22. The quantitative estimate of drug-likeness (QED) is 0.873. The van der Waals surface area contributed by atoms with E-state index in [1.165, 1.54) is 55.1 Å². The second-order valence-corrected chi connectivity index (χ2v) is 7.91. The van der Waals surface area contributed by atoms with Gasteiger partial charge in [0, 0.05) is 42.6 Å². The highest BCUT2D eigenvalue weighted by Crippen LogP contribution is 2.43. The summed E-state index contributed by atoms with van der Waals surface area (Å²) in [6.45, 7) is 5.41. The summed E-state index contributed by atoms with van der Waals surface area (Å²) in [5.74, 6) is 0.735. The maximum absolute atomic E-state index is 5.65. The summed E-state index contributed by atoms with van der Waals surface area (Å²) in [4.78, 5) is 8.69. The highest BCUT2D eigenvalue weighted by Gasteiger charge is 2.41. The zero-order valence-corrected chi connectivity index (χ0v) is 13.1. The minimum Gasteiger partial charge on any atom is -0.381 e. The maximum Gasteiger partial charge on any atom is 0.194 e. The van der Waals surface area contributed by atoms with Crippen molar-refractivity contribution in [2.45, 2.75) is 38.1 Å². The Morgan fingerprint density at radius 1 is 1.38 bits per heavy atom. The molecule has 4 heterocycles. The van der Waals surface area contributed by atoms with E-state index in [2.05, 4.69) is 20.9 Å². The molecule has 1 aliphatic carbocycles. The molecule has 5 heteroatoms. The first-order valence-electron chi connectivity index (χ1n) is 8.07. The summed E-state index contributed by atoms with van der Waals surface area (Å²) in [6.07, 6.45) is 7.40. The van der Waals surface area contributed by atoms with E-state index in [0.717, 1.165) is 25.7 Å². The van der Waals surface area contributed by atoms with Gasteiger partial charge in [0.15, 0.2) is 4.96 Å². The number of hydrogen-bond acceptors (Lipinski definition) is 4. The lowest BCUT2D eigenvalue weighted by molar-refractivity contribution is 0.151. The molecule has 5 rings (SSSR count). The monoisotopic (exact) mass is 303 g/mol. The Bertz CT molecular complexity index is 666. The summed E-state index contributed by atoms with van der Waals surface area (Å²) in [7, 11) is 0. The predicted molar refractivity (Wildman–Crippen MR) is 82.8 cm³/mol. The molecular formula is C16H21N3OS. The zero-order valence-electron chi connectivity index (χ0n) is 12.3. The molecule has 2 aliphatic heterocycles. The molecule has 1 saturated carbocycles. The van der Waals surface area contributed by atoms with Crippen molar-refractivity contribution in [3.63, 3.8) is 0 Å². The van der Waals surface area contributed by atoms with Crippen LogP contribution in [0.1, 0.15) is 43.0 Å². The van der Waals surface area contributed by atoms with Crippen LogP contribution in [-0.4, -0.2) is 40.6 Å². The van der Waals surface area contributed by atoms with E-state index in [4.69, 9.17) is 9.72 Å². The normalized spacial score (nSPS) is 30.1. The molecule has 1 spiro atoms. The number of rotatable bonds is 3. The fraction of sp³-hybridized carbons (Fsp3) is 0.688. The van der Waals surface area contributed by atoms with Crippen LogP contribution in [0.4, 0.5) is 0 Å². The number of aromatic nitrogens is 2. The molecule has 2 aromatic rings. The molecular weight excluding hydrogens is 282 g/mol. The van der Waals surface area contributed by atoms with Crippen LogP contribution in [0.2, 0.25) is 0 Å². The van der Waals surface area contributed by atoms with E-state index in [1.54, 1.807) is 11.3 Å². The summed E-state index contributed by atoms with van der Waals surface area (Å²) in [5.41, 5.74) is 3.29. The van der Waals surface area contributed by atoms with Crippen molar-refractivity contribution in [3.8, 4) is 0 Å². The number of ether oxygens (including phenoxy) is 1. The predicted octanol–water partition coefficient (Wildman–Crippen LogP) is 2.89. The van der Waals surface area contributed by atoms with E-state index in [-0.39, 0.29) is 0 Å². The molecule has 2 saturated heterocycles. The number of likely N-dealkylation sites (tertiary alicyclic amines) is 1. The van der Waals surface area contributed by atoms with E-state index in [9.17, 15) is 0 Å². The van der Waals surface area contributed by atoms with Crippen molar-refractivity contribution < 1.29 is 4.74 Å². The zero-order chi connectivity index (χ0) is 13.9. The van der Waals surface area contributed by atoms with Crippen molar-refractivity contribution in [1.29, 1.82) is 0 Å². The molecule has 0 bridgehead atoms. The van der Waals surface area contributed by atoms with Gasteiger partial charge in [0.1, 0.15) is 0 Å². The van der Waals surface area contributed by atoms with Crippen LogP contribution in [-0.2, 0) is 11.3 Å². The van der Waals surface area contributed by atoms with E-state index in [0.29, 0.717) is 5.41 Å². The fourth-order valence-corrected chi connectivity index (χ4v) is 4.78. The number of nitrogens with zero attached hydrogens (tertiary/aromatic N) is 3. The first-order valence-corrected chi connectivity index (χ1v) is 8.95. The second kappa shape index (κ2) is 4.54. The third kappa shape index (κ3) is 2.05. The topological polar surface area (TPSA) is 29.8 Å². The van der Waals surface area contributed by atoms with Gasteiger partial charge in [0.05, 0.1) is 18.0 Å². The summed E-state index contributed by atoms with van der Waals surface area (Å²) < 4.78 is 7.98. The molecule has 1 atom stereocenters. The lowest BCUT2D eigenvalue weighted by atomic mass is 9.87. The summed E-state index contributed by atoms with van der Waals surface area (Å²) in [6, 6.07) is 0. The molecule has 2 aromatic heterocycles. The van der Waals surface area contributed by atoms with E-state index < -0.39 is 0 Å². The van der Waals surface area contributed by atoms with Gasteiger partial charge in [-0.25, -0.2) is 4.98 Å². The molecule has 4 nitrogen and oxygen atoms in total. The Kier molecular flexibility index (Phi) is 2.73. The van der Waals surface area contributed by atoms with Crippen LogP contribution < -0.4 is 0 Å². The van der Waals surface area contributed by atoms with Crippen LogP contribution in [0.3, 0.4) is 0 Å². The van der Waals surface area contributed by atoms with Gasteiger partial charge >= 0.3 is 0 Å². The fourth-order valence-electron chi connectivity index (χ4n) is 4.04. The van der Waals surface area contributed by atoms with Gasteiger partial charge in [0.2, 0.25) is 0 Å². The number of hydrogen-bond donors (Lipinski definition) is 0. The molecule has 3 aliphatic rings. The molecule has 112 valence electrons. The Labute approximate surface area is 128 Å². The average molecular weight is 303 g/mol. The van der Waals surface area contributed by atoms with Crippen molar-refractivity contribution in [3.05, 3.63) is 23.0 Å². The smallest absolute Gasteiger partial charge is 0.194 e. The molecule has 0 radical (unpaired) electrons. The van der Waals surface area contributed by atoms with Crippen LogP contribution >= 0.6 is 11.3 Å². The van der Waals surface area contributed by atoms with Crippen molar-refractivity contribution in [2.24, 2.45) is 5.41 Å². The largest absolute Gasteiger partial charge is 0.381 e. The summed E-state index contributed by atoms with van der Waals surface area (Å²) in [5, 5.41) is 2.15. The van der Waals surface area contributed by atoms with Gasteiger partial charge in [-0.15, -0.1) is 11.3 Å². The first kappa shape index (κ1) is 12.6. The second-order valence-electron chi connectivity index (χ2n) is 7.04. The Balaban J connectivity index is 1.43. The van der Waals surface area contributed by atoms with Crippen molar-refractivity contribution in [2.75, 3.05) is 26.3 Å². The highest BCUT2D eigenvalue weighted by molar-refractivity contribution is 7.15. The van der Waals surface area contributed by atoms with Crippen LogP contribution in [0.25, 0.3) is 4.96 Å². The maximum atomic E-state index is 5.65. The number of fused-ring (bicyclic) bond motifs is 1. The minimum absolute atomic E-state index is 0.457. The number of thiazole rings is 1. The van der Waals surface area contributed by atoms with Crippen molar-refractivity contribution in [1.82, 2.24) is 14.3 Å². The van der Waals surface area contributed by atoms with Crippen LogP contribution in [0.15, 0.2) is 11.6 Å². The molecule has 1 unspecified atom stereocenters. The lowest BCUT2D eigenvalue weighted by Crippen LogP contribution is -2.27. The van der Waals surface area contributed by atoms with Gasteiger partial charge in [0.25, 0.3) is 0 Å². The van der Waals surface area contributed by atoms with E-state index in [1.807, 2.05) is 0 Å². The van der Waals surface area contributed by atoms with Gasteiger partial charge in [-0.05, 0) is 32.2 Å². The highest BCUT2D eigenvalue weighted by atomic mass is 32.1. The van der Waals surface area contributed by atoms with Crippen molar-refractivity contribution >= 4 is 16.3 Å². The molecule has 0 aromatic carbocycles. The first-order chi connectivity index (χ1) is 10.3. The Morgan fingerprint density at radius 3 is 3.14 bits per heavy atom. The Morgan fingerprint density at radius 2 is 2.33 bits per heavy atom. The third-order valence-electron chi connectivity index (χ3n) is 5.43. The van der Waals surface area contributed by atoms with Crippen LogP contribution in [0.5, 0.6) is 0 Å². The van der Waals surface area contributed by atoms with Gasteiger partial charge in [-0.2, -0.15) is 0 Å². The minimum atomic E-state index is 0.457. The average Bonchev–Trinajstić information content (AvgIpc) is 2.88.